The summed E-state index contributed by atoms with van der Waals surface area (Å²) < 4.78 is 27.6. The third-order valence-corrected chi connectivity index (χ3v) is 5.21. The minimum Gasteiger partial charge on any atom is -0.493 e. The van der Waals surface area contributed by atoms with Crippen molar-refractivity contribution in [2.75, 3.05) is 30.0 Å². The Hall–Kier alpha value is -1.23. The molecule has 1 N–H and O–H groups in total. The number of hydrogen-bond donors (Lipinski definition) is 1. The topological polar surface area (TPSA) is 55.4 Å². The van der Waals surface area contributed by atoms with Crippen LogP contribution in [0.1, 0.15) is 5.56 Å². The summed E-state index contributed by atoms with van der Waals surface area (Å²) in [4.78, 5) is 0. The van der Waals surface area contributed by atoms with E-state index in [0.29, 0.717) is 6.61 Å². The third kappa shape index (κ3) is 2.24. The van der Waals surface area contributed by atoms with Crippen molar-refractivity contribution in [1.82, 2.24) is 0 Å². The first-order valence-corrected chi connectivity index (χ1v) is 7.64. The van der Waals surface area contributed by atoms with Crippen molar-refractivity contribution in [3.8, 4) is 5.75 Å². The van der Waals surface area contributed by atoms with Crippen molar-refractivity contribution in [3.63, 3.8) is 0 Å². The predicted molar refractivity (Wildman–Crippen MR) is 66.3 cm³/mol. The van der Waals surface area contributed by atoms with Gasteiger partial charge in [0.2, 0.25) is 0 Å². The molecule has 3 rings (SSSR count). The highest BCUT2D eigenvalue weighted by Gasteiger charge is 2.33. The molecule has 1 aromatic rings. The van der Waals surface area contributed by atoms with E-state index in [1.807, 2.05) is 18.2 Å². The van der Waals surface area contributed by atoms with Gasteiger partial charge in [-0.2, -0.15) is 0 Å². The van der Waals surface area contributed by atoms with Crippen LogP contribution in [-0.2, 0) is 16.3 Å². The molecule has 0 atom stereocenters. The molecule has 4 nitrogen and oxygen atoms in total. The zero-order valence-electron chi connectivity index (χ0n) is 9.48. The van der Waals surface area contributed by atoms with Crippen molar-refractivity contribution in [2.45, 2.75) is 6.42 Å². The molecule has 0 aromatic heterocycles. The maximum Gasteiger partial charge on any atom is 0.151 e. The van der Waals surface area contributed by atoms with Gasteiger partial charge in [-0.15, -0.1) is 0 Å². The molecular formula is C12H15NO3S. The van der Waals surface area contributed by atoms with Crippen LogP contribution in [0.4, 0.5) is 5.69 Å². The molecule has 0 aliphatic carbocycles. The molecular weight excluding hydrogens is 238 g/mol. The van der Waals surface area contributed by atoms with Crippen LogP contribution in [0, 0.1) is 5.92 Å². The maximum atomic E-state index is 11.0. The zero-order valence-corrected chi connectivity index (χ0v) is 10.3. The summed E-state index contributed by atoms with van der Waals surface area (Å²) in [6.45, 7) is 1.49. The van der Waals surface area contributed by atoms with Crippen LogP contribution < -0.4 is 10.1 Å². The zero-order chi connectivity index (χ0) is 11.9. The second kappa shape index (κ2) is 3.91. The molecule has 0 spiro atoms. The van der Waals surface area contributed by atoms with Gasteiger partial charge in [-0.05, 0) is 30.2 Å². The van der Waals surface area contributed by atoms with Gasteiger partial charge in [0.25, 0.3) is 0 Å². The van der Waals surface area contributed by atoms with Gasteiger partial charge >= 0.3 is 0 Å². The Bertz CT molecular complexity index is 527. The van der Waals surface area contributed by atoms with Crippen molar-refractivity contribution in [2.24, 2.45) is 5.92 Å². The standard InChI is InChI=1S/C12H15NO3S/c14-17(15)7-9(8-17)6-16-11-1-2-12-10(5-11)3-4-13-12/h1-2,5,9,13H,3-4,6-8H2. The van der Waals surface area contributed by atoms with Gasteiger partial charge in [0.15, 0.2) is 9.84 Å². The quantitative estimate of drug-likeness (QED) is 0.875. The number of rotatable bonds is 3. The SMILES string of the molecule is O=S1(=O)CC(COc2ccc3c(c2)CCN3)C1. The van der Waals surface area contributed by atoms with Crippen molar-refractivity contribution in [1.29, 1.82) is 0 Å². The van der Waals surface area contributed by atoms with Gasteiger partial charge in [0.05, 0.1) is 18.1 Å². The molecule has 1 aromatic carbocycles. The molecule has 0 saturated carbocycles. The van der Waals surface area contributed by atoms with Gasteiger partial charge in [0, 0.05) is 18.2 Å². The van der Waals surface area contributed by atoms with E-state index in [-0.39, 0.29) is 17.4 Å². The van der Waals surface area contributed by atoms with E-state index < -0.39 is 9.84 Å². The number of fused-ring (bicyclic) bond motifs is 1. The summed E-state index contributed by atoms with van der Waals surface area (Å²) in [5.74, 6) is 1.57. The Morgan fingerprint density at radius 3 is 2.94 bits per heavy atom. The highest BCUT2D eigenvalue weighted by Crippen LogP contribution is 2.27. The van der Waals surface area contributed by atoms with Crippen LogP contribution in [0.25, 0.3) is 0 Å². The number of benzene rings is 1. The lowest BCUT2D eigenvalue weighted by Gasteiger charge is -2.25. The molecule has 1 saturated heterocycles. The normalized spacial score (nSPS) is 21.4. The number of hydrogen-bond acceptors (Lipinski definition) is 4. The molecule has 2 heterocycles. The monoisotopic (exact) mass is 253 g/mol. The summed E-state index contributed by atoms with van der Waals surface area (Å²) in [7, 11) is -2.73. The molecule has 0 unspecified atom stereocenters. The van der Waals surface area contributed by atoms with E-state index in [0.717, 1.165) is 18.7 Å². The van der Waals surface area contributed by atoms with Gasteiger partial charge in [-0.3, -0.25) is 0 Å². The number of anilines is 1. The molecule has 0 radical (unpaired) electrons. The molecule has 2 aliphatic rings. The van der Waals surface area contributed by atoms with Crippen LogP contribution >= 0.6 is 0 Å². The summed E-state index contributed by atoms with van der Waals surface area (Å²) >= 11 is 0. The van der Waals surface area contributed by atoms with Gasteiger partial charge in [-0.1, -0.05) is 0 Å². The molecule has 92 valence electrons. The average Bonchev–Trinajstić information content (AvgIpc) is 2.70. The Labute approximate surface area is 101 Å². The highest BCUT2D eigenvalue weighted by atomic mass is 32.2. The van der Waals surface area contributed by atoms with E-state index >= 15 is 0 Å². The van der Waals surface area contributed by atoms with Crippen molar-refractivity contribution in [3.05, 3.63) is 23.8 Å². The minimum atomic E-state index is -2.73. The van der Waals surface area contributed by atoms with E-state index in [2.05, 4.69) is 5.32 Å². The Balaban J connectivity index is 1.59. The number of sulfone groups is 1. The van der Waals surface area contributed by atoms with E-state index in [9.17, 15) is 8.42 Å². The molecule has 5 heteroatoms. The average molecular weight is 253 g/mol. The first-order valence-electron chi connectivity index (χ1n) is 5.82. The smallest absolute Gasteiger partial charge is 0.151 e. The Morgan fingerprint density at radius 2 is 2.18 bits per heavy atom. The first-order chi connectivity index (χ1) is 8.12. The first kappa shape index (κ1) is 10.9. The van der Waals surface area contributed by atoms with E-state index in [1.165, 1.54) is 11.3 Å². The van der Waals surface area contributed by atoms with Gasteiger partial charge in [-0.25, -0.2) is 8.42 Å². The number of nitrogens with one attached hydrogen (secondary N) is 1. The van der Waals surface area contributed by atoms with Crippen molar-refractivity contribution >= 4 is 15.5 Å². The highest BCUT2D eigenvalue weighted by molar-refractivity contribution is 7.92. The molecule has 17 heavy (non-hydrogen) atoms. The van der Waals surface area contributed by atoms with E-state index in [1.54, 1.807) is 0 Å². The lowest BCUT2D eigenvalue weighted by atomic mass is 10.1. The third-order valence-electron chi connectivity index (χ3n) is 3.25. The van der Waals surface area contributed by atoms with Gasteiger partial charge < -0.3 is 10.1 Å². The van der Waals surface area contributed by atoms with Gasteiger partial charge in [0.1, 0.15) is 5.75 Å². The molecule has 2 aliphatic heterocycles. The largest absolute Gasteiger partial charge is 0.493 e. The number of ether oxygens (including phenoxy) is 1. The fourth-order valence-corrected chi connectivity index (χ4v) is 3.88. The summed E-state index contributed by atoms with van der Waals surface area (Å²) in [6, 6.07) is 6.00. The van der Waals surface area contributed by atoms with E-state index in [4.69, 9.17) is 4.74 Å². The van der Waals surface area contributed by atoms with Crippen LogP contribution in [0.2, 0.25) is 0 Å². The van der Waals surface area contributed by atoms with Crippen LogP contribution in [0.15, 0.2) is 18.2 Å². The summed E-state index contributed by atoms with van der Waals surface area (Å²) in [5, 5.41) is 3.29. The second-order valence-corrected chi connectivity index (χ2v) is 6.90. The predicted octanol–water partition coefficient (Wildman–Crippen LogP) is 1.08. The fraction of sp³-hybridized carbons (Fsp3) is 0.500. The lowest BCUT2D eigenvalue weighted by Crippen LogP contribution is -2.39. The summed E-state index contributed by atoms with van der Waals surface area (Å²) in [5.41, 5.74) is 2.47. The Morgan fingerprint density at radius 1 is 1.35 bits per heavy atom. The Kier molecular flexibility index (Phi) is 2.50. The minimum absolute atomic E-state index is 0.173. The summed E-state index contributed by atoms with van der Waals surface area (Å²) in [6.07, 6.45) is 1.03. The van der Waals surface area contributed by atoms with Crippen LogP contribution in [0.3, 0.4) is 0 Å². The molecule has 1 fully saturated rings. The van der Waals surface area contributed by atoms with Crippen molar-refractivity contribution < 1.29 is 13.2 Å². The fourth-order valence-electron chi connectivity index (χ4n) is 2.35. The maximum absolute atomic E-state index is 11.0. The molecule has 0 bridgehead atoms. The van der Waals surface area contributed by atoms with Crippen LogP contribution in [-0.4, -0.2) is 33.1 Å². The second-order valence-electron chi connectivity index (χ2n) is 4.75. The molecule has 0 amide bonds. The van der Waals surface area contributed by atoms with Crippen LogP contribution in [0.5, 0.6) is 5.75 Å². The lowest BCUT2D eigenvalue weighted by molar-refractivity contribution is 0.263.